The van der Waals surface area contributed by atoms with Crippen LogP contribution in [-0.4, -0.2) is 45.2 Å². The summed E-state index contributed by atoms with van der Waals surface area (Å²) < 4.78 is 0. The maximum Gasteiger partial charge on any atom is 0.0449 e. The fourth-order valence-corrected chi connectivity index (χ4v) is 2.75. The molecule has 0 aliphatic carbocycles. The Morgan fingerprint density at radius 2 is 2.11 bits per heavy atom. The summed E-state index contributed by atoms with van der Waals surface area (Å²) in [5.74, 6) is 0.780. The van der Waals surface area contributed by atoms with Crippen LogP contribution < -0.4 is 10.6 Å². The third-order valence-electron chi connectivity index (χ3n) is 3.80. The number of nitrogens with one attached hydrogen (secondary N) is 2. The van der Waals surface area contributed by atoms with E-state index in [4.69, 9.17) is 0 Å². The maximum absolute atomic E-state index is 3.76. The van der Waals surface area contributed by atoms with Gasteiger partial charge in [0.15, 0.2) is 0 Å². The Labute approximate surface area is 117 Å². The smallest absolute Gasteiger partial charge is 0.0449 e. The summed E-state index contributed by atoms with van der Waals surface area (Å²) in [4.78, 5) is 2.25. The van der Waals surface area contributed by atoms with E-state index in [0.717, 1.165) is 25.6 Å². The van der Waals surface area contributed by atoms with Crippen molar-refractivity contribution in [2.24, 2.45) is 5.92 Å². The molecular weight excluding hydrogens is 234 g/mol. The number of hydrogen-bond donors (Lipinski definition) is 2. The molecule has 0 amide bonds. The molecule has 1 aromatic rings. The molecule has 1 aromatic carbocycles. The van der Waals surface area contributed by atoms with Crippen molar-refractivity contribution >= 4 is 0 Å². The highest BCUT2D eigenvalue weighted by Crippen LogP contribution is 2.15. The van der Waals surface area contributed by atoms with Crippen LogP contribution in [-0.2, 0) is 0 Å². The molecule has 1 saturated heterocycles. The van der Waals surface area contributed by atoms with Crippen LogP contribution in [0.4, 0.5) is 0 Å². The van der Waals surface area contributed by atoms with Gasteiger partial charge in [-0.05, 0) is 58.1 Å². The minimum Gasteiger partial charge on any atom is -0.316 e. The van der Waals surface area contributed by atoms with Crippen LogP contribution in [0.5, 0.6) is 0 Å². The van der Waals surface area contributed by atoms with Crippen molar-refractivity contribution in [3.8, 4) is 0 Å². The maximum atomic E-state index is 3.76. The molecule has 0 saturated carbocycles. The zero-order chi connectivity index (χ0) is 13.5. The van der Waals surface area contributed by atoms with Gasteiger partial charge in [0.1, 0.15) is 0 Å². The number of rotatable bonds is 6. The molecule has 0 radical (unpaired) electrons. The van der Waals surface area contributed by atoms with E-state index in [2.05, 4.69) is 60.0 Å². The van der Waals surface area contributed by atoms with E-state index in [9.17, 15) is 0 Å². The molecule has 19 heavy (non-hydrogen) atoms. The molecule has 1 aliphatic heterocycles. The molecule has 2 atom stereocenters. The Kier molecular flexibility index (Phi) is 5.83. The molecule has 2 rings (SSSR count). The van der Waals surface area contributed by atoms with Crippen molar-refractivity contribution in [2.45, 2.75) is 18.9 Å². The first kappa shape index (κ1) is 14.5. The lowest BCUT2D eigenvalue weighted by Gasteiger charge is -2.28. The Morgan fingerprint density at radius 1 is 1.32 bits per heavy atom. The average Bonchev–Trinajstić information content (AvgIpc) is 2.45. The Balaban J connectivity index is 1.90. The van der Waals surface area contributed by atoms with Crippen molar-refractivity contribution in [1.29, 1.82) is 0 Å². The summed E-state index contributed by atoms with van der Waals surface area (Å²) in [7, 11) is 4.28. The summed E-state index contributed by atoms with van der Waals surface area (Å²) in [6.45, 7) is 4.51. The van der Waals surface area contributed by atoms with E-state index in [1.165, 1.54) is 24.9 Å². The van der Waals surface area contributed by atoms with E-state index in [1.807, 2.05) is 0 Å². The predicted octanol–water partition coefficient (Wildman–Crippen LogP) is 1.88. The zero-order valence-electron chi connectivity index (χ0n) is 12.2. The normalized spacial score (nSPS) is 21.5. The average molecular weight is 261 g/mol. The predicted molar refractivity (Wildman–Crippen MR) is 81.3 cm³/mol. The number of hydrogen-bond acceptors (Lipinski definition) is 3. The highest BCUT2D eigenvalue weighted by Gasteiger charge is 2.16. The molecule has 0 aromatic heterocycles. The Morgan fingerprint density at radius 3 is 2.74 bits per heavy atom. The fraction of sp³-hybridized carbons (Fsp3) is 0.625. The lowest BCUT2D eigenvalue weighted by atomic mass is 9.98. The standard InChI is InChI=1S/C16H27N3/c1-19(2)13-16(15-8-4-3-5-9-15)18-12-14-7-6-10-17-11-14/h3-5,8-9,14,16-18H,6-7,10-13H2,1-2H3. The summed E-state index contributed by atoms with van der Waals surface area (Å²) in [6, 6.07) is 11.2. The summed E-state index contributed by atoms with van der Waals surface area (Å²) in [6.07, 6.45) is 2.67. The van der Waals surface area contributed by atoms with Crippen molar-refractivity contribution in [1.82, 2.24) is 15.5 Å². The monoisotopic (exact) mass is 261 g/mol. The highest BCUT2D eigenvalue weighted by molar-refractivity contribution is 5.19. The van der Waals surface area contributed by atoms with Crippen LogP contribution in [0.15, 0.2) is 30.3 Å². The first-order chi connectivity index (χ1) is 9.25. The largest absolute Gasteiger partial charge is 0.316 e. The van der Waals surface area contributed by atoms with Gasteiger partial charge in [0.2, 0.25) is 0 Å². The van der Waals surface area contributed by atoms with Gasteiger partial charge in [0.05, 0.1) is 0 Å². The van der Waals surface area contributed by atoms with E-state index >= 15 is 0 Å². The van der Waals surface area contributed by atoms with E-state index in [0.29, 0.717) is 6.04 Å². The Bertz CT molecular complexity index is 344. The second-order valence-electron chi connectivity index (χ2n) is 5.85. The van der Waals surface area contributed by atoms with Gasteiger partial charge < -0.3 is 15.5 Å². The topological polar surface area (TPSA) is 27.3 Å². The number of nitrogens with zero attached hydrogens (tertiary/aromatic N) is 1. The van der Waals surface area contributed by atoms with Crippen LogP contribution in [0.25, 0.3) is 0 Å². The molecule has 3 nitrogen and oxygen atoms in total. The van der Waals surface area contributed by atoms with Gasteiger partial charge in [-0.3, -0.25) is 0 Å². The van der Waals surface area contributed by atoms with Crippen molar-refractivity contribution in [2.75, 3.05) is 40.3 Å². The molecule has 2 N–H and O–H groups in total. The van der Waals surface area contributed by atoms with E-state index < -0.39 is 0 Å². The van der Waals surface area contributed by atoms with Crippen molar-refractivity contribution in [3.63, 3.8) is 0 Å². The minimum absolute atomic E-state index is 0.429. The van der Waals surface area contributed by atoms with Crippen molar-refractivity contribution < 1.29 is 0 Å². The molecular formula is C16H27N3. The van der Waals surface area contributed by atoms with Gasteiger partial charge in [-0.1, -0.05) is 30.3 Å². The first-order valence-corrected chi connectivity index (χ1v) is 7.39. The zero-order valence-corrected chi connectivity index (χ0v) is 12.2. The van der Waals surface area contributed by atoms with Crippen LogP contribution >= 0.6 is 0 Å². The molecule has 1 heterocycles. The first-order valence-electron chi connectivity index (χ1n) is 7.39. The summed E-state index contributed by atoms with van der Waals surface area (Å²) in [5, 5.41) is 7.24. The van der Waals surface area contributed by atoms with Gasteiger partial charge in [0.25, 0.3) is 0 Å². The Hall–Kier alpha value is -0.900. The summed E-state index contributed by atoms with van der Waals surface area (Å²) >= 11 is 0. The highest BCUT2D eigenvalue weighted by atomic mass is 15.1. The number of likely N-dealkylation sites (N-methyl/N-ethyl adjacent to an activating group) is 1. The molecule has 0 spiro atoms. The molecule has 106 valence electrons. The molecule has 1 fully saturated rings. The lowest BCUT2D eigenvalue weighted by molar-refractivity contribution is 0.304. The molecule has 0 bridgehead atoms. The third kappa shape index (κ3) is 4.94. The second kappa shape index (κ2) is 7.63. The molecule has 3 heteroatoms. The number of piperidine rings is 1. The van der Waals surface area contributed by atoms with Gasteiger partial charge in [-0.15, -0.1) is 0 Å². The SMILES string of the molecule is CN(C)CC(NCC1CCCNC1)c1ccccc1. The third-order valence-corrected chi connectivity index (χ3v) is 3.80. The fourth-order valence-electron chi connectivity index (χ4n) is 2.75. The van der Waals surface area contributed by atoms with Crippen LogP contribution in [0.2, 0.25) is 0 Å². The van der Waals surface area contributed by atoms with Crippen LogP contribution in [0, 0.1) is 5.92 Å². The lowest BCUT2D eigenvalue weighted by Crippen LogP contribution is -2.39. The van der Waals surface area contributed by atoms with Gasteiger partial charge >= 0.3 is 0 Å². The van der Waals surface area contributed by atoms with Gasteiger partial charge in [-0.2, -0.15) is 0 Å². The van der Waals surface area contributed by atoms with E-state index in [-0.39, 0.29) is 0 Å². The van der Waals surface area contributed by atoms with Crippen LogP contribution in [0.1, 0.15) is 24.4 Å². The summed E-state index contributed by atoms with van der Waals surface area (Å²) in [5.41, 5.74) is 1.39. The molecule has 1 aliphatic rings. The second-order valence-corrected chi connectivity index (χ2v) is 5.85. The van der Waals surface area contributed by atoms with Crippen molar-refractivity contribution in [3.05, 3.63) is 35.9 Å². The van der Waals surface area contributed by atoms with Crippen LogP contribution in [0.3, 0.4) is 0 Å². The minimum atomic E-state index is 0.429. The molecule has 2 unspecified atom stereocenters. The van der Waals surface area contributed by atoms with E-state index in [1.54, 1.807) is 0 Å². The quantitative estimate of drug-likeness (QED) is 0.819. The van der Waals surface area contributed by atoms with Gasteiger partial charge in [0, 0.05) is 12.6 Å². The number of benzene rings is 1. The van der Waals surface area contributed by atoms with Gasteiger partial charge in [-0.25, -0.2) is 0 Å².